The Morgan fingerprint density at radius 1 is 1.06 bits per heavy atom. The van der Waals surface area contributed by atoms with E-state index >= 15 is 0 Å². The molecular weight excluding hydrogens is 391 g/mol. The van der Waals surface area contributed by atoms with Gasteiger partial charge in [-0.3, -0.25) is 4.99 Å². The molecule has 0 amide bonds. The predicted molar refractivity (Wildman–Crippen MR) is 125 cm³/mol. The van der Waals surface area contributed by atoms with Gasteiger partial charge >= 0.3 is 0 Å². The maximum absolute atomic E-state index is 13.1. The van der Waals surface area contributed by atoms with E-state index in [0.717, 1.165) is 57.1 Å². The van der Waals surface area contributed by atoms with Gasteiger partial charge in [0.05, 0.1) is 6.54 Å². The minimum absolute atomic E-state index is 0.0905. The summed E-state index contributed by atoms with van der Waals surface area (Å²) in [5.41, 5.74) is 2.29. The Morgan fingerprint density at radius 2 is 1.77 bits per heavy atom. The zero-order valence-electron chi connectivity index (χ0n) is 18.7. The zero-order valence-corrected chi connectivity index (χ0v) is 18.7. The number of aliphatic imine (C=N–C) groups is 1. The summed E-state index contributed by atoms with van der Waals surface area (Å²) in [7, 11) is 0. The van der Waals surface area contributed by atoms with Crippen molar-refractivity contribution in [1.29, 1.82) is 0 Å². The zero-order chi connectivity index (χ0) is 21.9. The Hall–Kier alpha value is -2.44. The van der Waals surface area contributed by atoms with Crippen LogP contribution in [0.2, 0.25) is 0 Å². The largest absolute Gasteiger partial charge is 0.381 e. The van der Waals surface area contributed by atoms with Gasteiger partial charge in [-0.2, -0.15) is 0 Å². The minimum Gasteiger partial charge on any atom is -0.381 e. The molecule has 31 heavy (non-hydrogen) atoms. The summed E-state index contributed by atoms with van der Waals surface area (Å²) in [5.74, 6) is 0.607. The molecule has 2 aromatic rings. The van der Waals surface area contributed by atoms with Gasteiger partial charge in [0.15, 0.2) is 5.96 Å². The van der Waals surface area contributed by atoms with Crippen molar-refractivity contribution in [3.05, 3.63) is 71.5 Å². The fraction of sp³-hybridized carbons (Fsp3) is 0.480. The van der Waals surface area contributed by atoms with Gasteiger partial charge < -0.3 is 20.7 Å². The van der Waals surface area contributed by atoms with Crippen molar-refractivity contribution in [3.8, 4) is 0 Å². The van der Waals surface area contributed by atoms with E-state index in [1.165, 1.54) is 17.7 Å². The number of rotatable bonds is 9. The van der Waals surface area contributed by atoms with E-state index in [2.05, 4.69) is 54.1 Å². The molecule has 1 aliphatic rings. The average Bonchev–Trinajstić information content (AvgIpc) is 2.80. The normalized spacial score (nSPS) is 17.2. The van der Waals surface area contributed by atoms with Crippen LogP contribution in [0.3, 0.4) is 0 Å². The molecule has 2 aromatic carbocycles. The molecule has 6 heteroatoms. The summed E-state index contributed by atoms with van der Waals surface area (Å²) >= 11 is 0. The second-order valence-electron chi connectivity index (χ2n) is 8.17. The molecule has 1 heterocycles. The Labute approximate surface area is 185 Å². The van der Waals surface area contributed by atoms with Gasteiger partial charge in [0.2, 0.25) is 0 Å². The summed E-state index contributed by atoms with van der Waals surface area (Å²) in [5, 5.41) is 10.6. The third-order valence-corrected chi connectivity index (χ3v) is 5.78. The lowest BCUT2D eigenvalue weighted by atomic mass is 9.88. The number of guanidine groups is 1. The number of benzene rings is 2. The van der Waals surface area contributed by atoms with Crippen molar-refractivity contribution in [2.75, 3.05) is 32.8 Å². The summed E-state index contributed by atoms with van der Waals surface area (Å²) < 4.78 is 18.7. The number of halogens is 1. The van der Waals surface area contributed by atoms with E-state index < -0.39 is 0 Å². The molecule has 1 saturated heterocycles. The maximum atomic E-state index is 13.1. The molecule has 1 fully saturated rings. The minimum atomic E-state index is -0.203. The molecule has 168 valence electrons. The molecule has 0 aromatic heterocycles. The van der Waals surface area contributed by atoms with Crippen LogP contribution in [0.1, 0.15) is 43.9 Å². The van der Waals surface area contributed by atoms with Gasteiger partial charge in [-0.25, -0.2) is 4.39 Å². The van der Waals surface area contributed by atoms with E-state index in [4.69, 9.17) is 9.73 Å². The van der Waals surface area contributed by atoms with Crippen LogP contribution in [-0.2, 0) is 11.2 Å². The number of ether oxygens (including phenoxy) is 1. The van der Waals surface area contributed by atoms with Gasteiger partial charge in [-0.05, 0) is 56.4 Å². The van der Waals surface area contributed by atoms with E-state index in [-0.39, 0.29) is 17.4 Å². The first-order chi connectivity index (χ1) is 15.1. The van der Waals surface area contributed by atoms with Crippen molar-refractivity contribution >= 4 is 5.96 Å². The molecule has 0 radical (unpaired) electrons. The average molecular weight is 427 g/mol. The Bertz CT molecular complexity index is 804. The first kappa shape index (κ1) is 23.2. The SMILES string of the molecule is CCNC(=NCC1(NC(C)c2ccccc2)CCOCC1)NCCc1ccc(F)cc1. The highest BCUT2D eigenvalue weighted by Crippen LogP contribution is 2.26. The van der Waals surface area contributed by atoms with E-state index in [0.29, 0.717) is 6.54 Å². The third-order valence-electron chi connectivity index (χ3n) is 5.78. The maximum Gasteiger partial charge on any atom is 0.191 e. The molecule has 0 aliphatic carbocycles. The topological polar surface area (TPSA) is 57.7 Å². The molecule has 1 aliphatic heterocycles. The van der Waals surface area contributed by atoms with Crippen LogP contribution in [0.4, 0.5) is 4.39 Å². The van der Waals surface area contributed by atoms with E-state index in [1.54, 1.807) is 0 Å². The van der Waals surface area contributed by atoms with Crippen LogP contribution in [0.5, 0.6) is 0 Å². The summed E-state index contributed by atoms with van der Waals surface area (Å²) in [6.07, 6.45) is 2.68. The first-order valence-electron chi connectivity index (χ1n) is 11.3. The summed E-state index contributed by atoms with van der Waals surface area (Å²) in [6, 6.07) is 17.4. The number of hydrogen-bond donors (Lipinski definition) is 3. The van der Waals surface area contributed by atoms with Gasteiger partial charge in [0.1, 0.15) is 5.82 Å². The quantitative estimate of drug-likeness (QED) is 0.421. The van der Waals surface area contributed by atoms with E-state index in [9.17, 15) is 4.39 Å². The van der Waals surface area contributed by atoms with Crippen molar-refractivity contribution < 1.29 is 9.13 Å². The molecule has 0 saturated carbocycles. The predicted octanol–water partition coefficient (Wildman–Crippen LogP) is 3.82. The van der Waals surface area contributed by atoms with Crippen LogP contribution in [0, 0.1) is 5.82 Å². The Morgan fingerprint density at radius 3 is 2.45 bits per heavy atom. The monoisotopic (exact) mass is 426 g/mol. The fourth-order valence-corrected chi connectivity index (χ4v) is 3.94. The van der Waals surface area contributed by atoms with Crippen molar-refractivity contribution in [2.24, 2.45) is 4.99 Å². The number of nitrogens with zero attached hydrogens (tertiary/aromatic N) is 1. The molecule has 1 atom stereocenters. The molecule has 1 unspecified atom stereocenters. The highest BCUT2D eigenvalue weighted by atomic mass is 19.1. The highest BCUT2D eigenvalue weighted by Gasteiger charge is 2.34. The lowest BCUT2D eigenvalue weighted by Gasteiger charge is -2.39. The van der Waals surface area contributed by atoms with Crippen LogP contribution in [-0.4, -0.2) is 44.3 Å². The van der Waals surface area contributed by atoms with Crippen molar-refractivity contribution in [1.82, 2.24) is 16.0 Å². The van der Waals surface area contributed by atoms with Crippen LogP contribution < -0.4 is 16.0 Å². The van der Waals surface area contributed by atoms with Gasteiger partial charge in [-0.15, -0.1) is 0 Å². The van der Waals surface area contributed by atoms with E-state index in [1.807, 2.05) is 18.2 Å². The van der Waals surface area contributed by atoms with Gasteiger partial charge in [0, 0.05) is 37.9 Å². The van der Waals surface area contributed by atoms with Crippen LogP contribution in [0.15, 0.2) is 59.6 Å². The fourth-order valence-electron chi connectivity index (χ4n) is 3.94. The third kappa shape index (κ3) is 7.33. The molecule has 3 rings (SSSR count). The number of hydrogen-bond acceptors (Lipinski definition) is 3. The van der Waals surface area contributed by atoms with Crippen LogP contribution in [0.25, 0.3) is 0 Å². The lowest BCUT2D eigenvalue weighted by molar-refractivity contribution is 0.0374. The van der Waals surface area contributed by atoms with Crippen molar-refractivity contribution in [3.63, 3.8) is 0 Å². The lowest BCUT2D eigenvalue weighted by Crippen LogP contribution is -2.53. The second kappa shape index (κ2) is 11.8. The summed E-state index contributed by atoms with van der Waals surface area (Å²) in [6.45, 7) is 7.99. The second-order valence-corrected chi connectivity index (χ2v) is 8.17. The van der Waals surface area contributed by atoms with Crippen molar-refractivity contribution in [2.45, 2.75) is 44.7 Å². The molecule has 0 spiro atoms. The van der Waals surface area contributed by atoms with Crippen LogP contribution >= 0.6 is 0 Å². The molecular formula is C25H35FN4O. The standard InChI is InChI=1S/C25H35FN4O/c1-3-27-24(28-16-13-21-9-11-23(26)12-10-21)29-19-25(14-17-31-18-15-25)30-20(2)22-7-5-4-6-8-22/h4-12,20,30H,3,13-19H2,1-2H3,(H2,27,28,29). The summed E-state index contributed by atoms with van der Waals surface area (Å²) in [4.78, 5) is 4.92. The smallest absolute Gasteiger partial charge is 0.191 e. The first-order valence-corrected chi connectivity index (χ1v) is 11.3. The highest BCUT2D eigenvalue weighted by molar-refractivity contribution is 5.79. The Kier molecular flexibility index (Phi) is 8.85. The molecule has 5 nitrogen and oxygen atoms in total. The Balaban J connectivity index is 1.62. The van der Waals surface area contributed by atoms with Gasteiger partial charge in [-0.1, -0.05) is 42.5 Å². The number of nitrogens with one attached hydrogen (secondary N) is 3. The van der Waals surface area contributed by atoms with Gasteiger partial charge in [0.25, 0.3) is 0 Å². The molecule has 0 bridgehead atoms. The molecule has 3 N–H and O–H groups in total.